The molecule has 3 heteroatoms. The lowest BCUT2D eigenvalue weighted by Crippen LogP contribution is -2.37. The molecule has 1 aliphatic carbocycles. The summed E-state index contributed by atoms with van der Waals surface area (Å²) in [5, 5.41) is 0. The van der Waals surface area contributed by atoms with E-state index >= 15 is 0 Å². The molecular formula is C15H25NO2. The Hall–Kier alpha value is -0.860. The molecule has 102 valence electrons. The summed E-state index contributed by atoms with van der Waals surface area (Å²) in [6.07, 6.45) is 6.98. The molecule has 1 aliphatic heterocycles. The van der Waals surface area contributed by atoms with Crippen molar-refractivity contribution in [2.75, 3.05) is 13.1 Å². The van der Waals surface area contributed by atoms with Gasteiger partial charge in [0, 0.05) is 18.9 Å². The van der Waals surface area contributed by atoms with Gasteiger partial charge in [-0.3, -0.25) is 9.59 Å². The Morgan fingerprint density at radius 1 is 1.28 bits per heavy atom. The number of carbonyl (C=O) groups is 2. The molecule has 1 amide bonds. The Bertz CT molecular complexity index is 329. The summed E-state index contributed by atoms with van der Waals surface area (Å²) in [5.74, 6) is 0.696. The fourth-order valence-corrected chi connectivity index (χ4v) is 3.02. The van der Waals surface area contributed by atoms with Crippen LogP contribution in [0.3, 0.4) is 0 Å². The van der Waals surface area contributed by atoms with Gasteiger partial charge in [-0.1, -0.05) is 26.7 Å². The van der Waals surface area contributed by atoms with E-state index in [0.717, 1.165) is 32.2 Å². The van der Waals surface area contributed by atoms with Crippen LogP contribution in [0, 0.1) is 11.3 Å². The van der Waals surface area contributed by atoms with Crippen LogP contribution in [0.15, 0.2) is 0 Å². The number of likely N-dealkylation sites (tertiary alicyclic amines) is 1. The minimum Gasteiger partial charge on any atom is -0.335 e. The minimum atomic E-state index is 0.173. The summed E-state index contributed by atoms with van der Waals surface area (Å²) < 4.78 is 0. The van der Waals surface area contributed by atoms with Crippen LogP contribution < -0.4 is 0 Å². The molecular weight excluding hydrogens is 226 g/mol. The molecule has 1 saturated heterocycles. The molecule has 0 aromatic heterocycles. The van der Waals surface area contributed by atoms with E-state index in [1.54, 1.807) is 4.90 Å². The number of hydrogen-bond acceptors (Lipinski definition) is 2. The molecule has 18 heavy (non-hydrogen) atoms. The molecule has 0 aromatic rings. The SMILES string of the molecule is CC1(C)CCC(=O)N(CC(=O)C2CCCC2)CC1. The quantitative estimate of drug-likeness (QED) is 0.773. The average molecular weight is 251 g/mol. The lowest BCUT2D eigenvalue weighted by Gasteiger charge is -2.23. The Morgan fingerprint density at radius 3 is 2.61 bits per heavy atom. The molecule has 0 atom stereocenters. The van der Waals surface area contributed by atoms with E-state index in [1.165, 1.54) is 12.8 Å². The van der Waals surface area contributed by atoms with Crippen LogP contribution in [0.2, 0.25) is 0 Å². The number of Topliss-reactive ketones (excluding diaryl/α,β-unsaturated/α-hetero) is 1. The smallest absolute Gasteiger partial charge is 0.222 e. The first-order chi connectivity index (χ1) is 8.48. The van der Waals surface area contributed by atoms with Crippen molar-refractivity contribution in [2.24, 2.45) is 11.3 Å². The fraction of sp³-hybridized carbons (Fsp3) is 0.867. The van der Waals surface area contributed by atoms with E-state index in [9.17, 15) is 9.59 Å². The van der Waals surface area contributed by atoms with Crippen LogP contribution >= 0.6 is 0 Å². The molecule has 0 aromatic carbocycles. The van der Waals surface area contributed by atoms with Crippen molar-refractivity contribution in [3.63, 3.8) is 0 Å². The zero-order valence-electron chi connectivity index (χ0n) is 11.7. The minimum absolute atomic E-state index is 0.173. The summed E-state index contributed by atoms with van der Waals surface area (Å²) in [6, 6.07) is 0. The molecule has 2 rings (SSSR count). The highest BCUT2D eigenvalue weighted by Crippen LogP contribution is 2.31. The lowest BCUT2D eigenvalue weighted by atomic mass is 9.85. The van der Waals surface area contributed by atoms with E-state index in [2.05, 4.69) is 13.8 Å². The van der Waals surface area contributed by atoms with E-state index in [-0.39, 0.29) is 17.2 Å². The fourth-order valence-electron chi connectivity index (χ4n) is 3.02. The molecule has 3 nitrogen and oxygen atoms in total. The second-order valence-corrected chi connectivity index (χ2v) is 6.68. The Balaban J connectivity index is 1.91. The first-order valence-corrected chi connectivity index (χ1v) is 7.28. The summed E-state index contributed by atoms with van der Waals surface area (Å²) in [4.78, 5) is 26.0. The van der Waals surface area contributed by atoms with Crippen LogP contribution in [0.4, 0.5) is 0 Å². The number of rotatable bonds is 3. The van der Waals surface area contributed by atoms with E-state index in [4.69, 9.17) is 0 Å². The topological polar surface area (TPSA) is 37.4 Å². The van der Waals surface area contributed by atoms with Crippen molar-refractivity contribution in [3.8, 4) is 0 Å². The molecule has 0 spiro atoms. The van der Waals surface area contributed by atoms with Gasteiger partial charge in [-0.05, 0) is 31.1 Å². The number of nitrogens with zero attached hydrogens (tertiary/aromatic N) is 1. The third kappa shape index (κ3) is 3.33. The van der Waals surface area contributed by atoms with Gasteiger partial charge in [-0.25, -0.2) is 0 Å². The van der Waals surface area contributed by atoms with Crippen molar-refractivity contribution in [1.82, 2.24) is 4.90 Å². The van der Waals surface area contributed by atoms with Crippen molar-refractivity contribution in [1.29, 1.82) is 0 Å². The maximum atomic E-state index is 12.1. The number of amides is 1. The predicted octanol–water partition coefficient (Wildman–Crippen LogP) is 2.78. The Kier molecular flexibility index (Phi) is 4.08. The van der Waals surface area contributed by atoms with Crippen molar-refractivity contribution >= 4 is 11.7 Å². The molecule has 0 bridgehead atoms. The van der Waals surface area contributed by atoms with Crippen LogP contribution in [-0.4, -0.2) is 29.7 Å². The Morgan fingerprint density at radius 2 is 1.94 bits per heavy atom. The van der Waals surface area contributed by atoms with Crippen LogP contribution in [0.1, 0.15) is 58.8 Å². The van der Waals surface area contributed by atoms with Crippen LogP contribution in [0.5, 0.6) is 0 Å². The molecule has 1 heterocycles. The maximum Gasteiger partial charge on any atom is 0.222 e. The molecule has 2 aliphatic rings. The van der Waals surface area contributed by atoms with Crippen molar-refractivity contribution < 1.29 is 9.59 Å². The van der Waals surface area contributed by atoms with Gasteiger partial charge >= 0.3 is 0 Å². The molecule has 0 unspecified atom stereocenters. The standard InChI is InChI=1S/C15H25NO2/c1-15(2)8-7-14(18)16(10-9-15)11-13(17)12-5-3-4-6-12/h12H,3-11H2,1-2H3. The number of hydrogen-bond donors (Lipinski definition) is 0. The van der Waals surface area contributed by atoms with E-state index in [1.807, 2.05) is 0 Å². The molecule has 2 fully saturated rings. The lowest BCUT2D eigenvalue weighted by molar-refractivity contribution is -0.136. The zero-order valence-corrected chi connectivity index (χ0v) is 11.7. The predicted molar refractivity (Wildman–Crippen MR) is 71.2 cm³/mol. The third-order valence-corrected chi connectivity index (χ3v) is 4.58. The second-order valence-electron chi connectivity index (χ2n) is 6.68. The van der Waals surface area contributed by atoms with Gasteiger partial charge in [0.15, 0.2) is 5.78 Å². The van der Waals surface area contributed by atoms with Gasteiger partial charge in [0.2, 0.25) is 5.91 Å². The molecule has 0 N–H and O–H groups in total. The third-order valence-electron chi connectivity index (χ3n) is 4.58. The van der Waals surface area contributed by atoms with Crippen molar-refractivity contribution in [2.45, 2.75) is 58.8 Å². The van der Waals surface area contributed by atoms with E-state index in [0.29, 0.717) is 18.7 Å². The number of carbonyl (C=O) groups excluding carboxylic acids is 2. The normalized spacial score (nSPS) is 25.2. The molecule has 0 radical (unpaired) electrons. The number of ketones is 1. The van der Waals surface area contributed by atoms with Gasteiger partial charge in [0.25, 0.3) is 0 Å². The van der Waals surface area contributed by atoms with Crippen molar-refractivity contribution in [3.05, 3.63) is 0 Å². The summed E-state index contributed by atoms with van der Waals surface area (Å²) in [7, 11) is 0. The van der Waals surface area contributed by atoms with Gasteiger partial charge < -0.3 is 4.90 Å². The average Bonchev–Trinajstić information content (AvgIpc) is 2.81. The van der Waals surface area contributed by atoms with Crippen LogP contribution in [-0.2, 0) is 9.59 Å². The van der Waals surface area contributed by atoms with E-state index < -0.39 is 0 Å². The second kappa shape index (κ2) is 5.41. The van der Waals surface area contributed by atoms with Gasteiger partial charge in [-0.2, -0.15) is 0 Å². The highest BCUT2D eigenvalue weighted by Gasteiger charge is 2.30. The highest BCUT2D eigenvalue weighted by atomic mass is 16.2. The first kappa shape index (κ1) is 13.6. The van der Waals surface area contributed by atoms with Gasteiger partial charge in [0.1, 0.15) is 0 Å². The maximum absolute atomic E-state index is 12.1. The van der Waals surface area contributed by atoms with Gasteiger partial charge in [-0.15, -0.1) is 0 Å². The summed E-state index contributed by atoms with van der Waals surface area (Å²) >= 11 is 0. The monoisotopic (exact) mass is 251 g/mol. The zero-order chi connectivity index (χ0) is 13.2. The Labute approximate surface area is 110 Å². The first-order valence-electron chi connectivity index (χ1n) is 7.28. The van der Waals surface area contributed by atoms with Crippen LogP contribution in [0.25, 0.3) is 0 Å². The largest absolute Gasteiger partial charge is 0.335 e. The summed E-state index contributed by atoms with van der Waals surface area (Å²) in [6.45, 7) is 5.54. The molecule has 1 saturated carbocycles. The summed E-state index contributed by atoms with van der Waals surface area (Å²) in [5.41, 5.74) is 0.237. The van der Waals surface area contributed by atoms with Gasteiger partial charge in [0.05, 0.1) is 6.54 Å². The highest BCUT2D eigenvalue weighted by molar-refractivity contribution is 5.87.